The summed E-state index contributed by atoms with van der Waals surface area (Å²) in [6, 6.07) is -1.20. The monoisotopic (exact) mass is 317 g/mol. The van der Waals surface area contributed by atoms with Crippen LogP contribution in [-0.2, 0) is 14.4 Å². The molecule has 0 heterocycles. The van der Waals surface area contributed by atoms with Gasteiger partial charge in [-0.1, -0.05) is 6.42 Å². The summed E-state index contributed by atoms with van der Waals surface area (Å²) in [7, 11) is 0. The zero-order chi connectivity index (χ0) is 16.3. The molecule has 0 aromatic heterocycles. The lowest BCUT2D eigenvalue weighted by atomic mass is 10.2. The Balaban J connectivity index is 3.57. The standard InChI is InChI=1S/C14H27N3O3S/c1-10(18)7-5-4-6-8-21-9-16-14(20)12(3)17-13(19)11(2)15/h11-12H,4-9,15H2,1-3H3,(H,16,20)(H,17,19). The van der Waals surface area contributed by atoms with E-state index in [0.29, 0.717) is 12.3 Å². The van der Waals surface area contributed by atoms with Gasteiger partial charge in [-0.05, 0) is 39.4 Å². The minimum absolute atomic E-state index is 0.215. The minimum Gasteiger partial charge on any atom is -0.345 e. The van der Waals surface area contributed by atoms with E-state index in [1.807, 2.05) is 0 Å². The van der Waals surface area contributed by atoms with E-state index < -0.39 is 12.1 Å². The number of carbonyl (C=O) groups excluding carboxylic acids is 3. The first-order valence-corrected chi connectivity index (χ1v) is 8.41. The lowest BCUT2D eigenvalue weighted by molar-refractivity contribution is -0.128. The molecule has 6 nitrogen and oxygen atoms in total. The fourth-order valence-corrected chi connectivity index (χ4v) is 2.31. The first-order valence-electron chi connectivity index (χ1n) is 7.25. The summed E-state index contributed by atoms with van der Waals surface area (Å²) in [5.74, 6) is 1.14. The van der Waals surface area contributed by atoms with Crippen molar-refractivity contribution in [3.8, 4) is 0 Å². The largest absolute Gasteiger partial charge is 0.345 e. The van der Waals surface area contributed by atoms with Crippen LogP contribution in [0.5, 0.6) is 0 Å². The fraction of sp³-hybridized carbons (Fsp3) is 0.786. The van der Waals surface area contributed by atoms with Gasteiger partial charge in [-0.2, -0.15) is 0 Å². The Morgan fingerprint density at radius 2 is 1.76 bits per heavy atom. The van der Waals surface area contributed by atoms with Crippen LogP contribution in [0.25, 0.3) is 0 Å². The first kappa shape index (κ1) is 19.9. The van der Waals surface area contributed by atoms with Crippen LogP contribution in [0.4, 0.5) is 0 Å². The fourth-order valence-electron chi connectivity index (χ4n) is 1.51. The topological polar surface area (TPSA) is 101 Å². The number of unbranched alkanes of at least 4 members (excludes halogenated alkanes) is 2. The van der Waals surface area contributed by atoms with E-state index in [2.05, 4.69) is 10.6 Å². The molecule has 122 valence electrons. The zero-order valence-electron chi connectivity index (χ0n) is 13.1. The van der Waals surface area contributed by atoms with E-state index in [9.17, 15) is 14.4 Å². The van der Waals surface area contributed by atoms with Crippen LogP contribution < -0.4 is 16.4 Å². The number of nitrogens with one attached hydrogen (secondary N) is 2. The molecule has 0 aliphatic rings. The van der Waals surface area contributed by atoms with Crippen LogP contribution in [0.1, 0.15) is 46.5 Å². The summed E-state index contributed by atoms with van der Waals surface area (Å²) in [6.45, 7) is 4.81. The maximum atomic E-state index is 11.7. The molecule has 2 amide bonds. The van der Waals surface area contributed by atoms with Gasteiger partial charge in [-0.3, -0.25) is 9.59 Å². The maximum Gasteiger partial charge on any atom is 0.242 e. The van der Waals surface area contributed by atoms with E-state index in [1.54, 1.807) is 32.5 Å². The highest BCUT2D eigenvalue weighted by molar-refractivity contribution is 7.99. The molecule has 4 N–H and O–H groups in total. The molecule has 2 atom stereocenters. The number of hydrogen-bond acceptors (Lipinski definition) is 5. The Bertz CT molecular complexity index is 348. The van der Waals surface area contributed by atoms with Crippen LogP contribution in [0.2, 0.25) is 0 Å². The van der Waals surface area contributed by atoms with Gasteiger partial charge in [0.2, 0.25) is 11.8 Å². The summed E-state index contributed by atoms with van der Waals surface area (Å²) in [5, 5.41) is 5.29. The second kappa shape index (κ2) is 11.6. The van der Waals surface area contributed by atoms with E-state index >= 15 is 0 Å². The number of rotatable bonds is 11. The molecular weight excluding hydrogens is 290 g/mol. The van der Waals surface area contributed by atoms with Crippen molar-refractivity contribution in [1.29, 1.82) is 0 Å². The van der Waals surface area contributed by atoms with E-state index in [-0.39, 0.29) is 17.6 Å². The second-order valence-electron chi connectivity index (χ2n) is 5.13. The number of thioether (sulfide) groups is 1. The zero-order valence-corrected chi connectivity index (χ0v) is 13.9. The van der Waals surface area contributed by atoms with Gasteiger partial charge in [0.1, 0.15) is 11.8 Å². The normalized spacial score (nSPS) is 13.3. The first-order chi connectivity index (χ1) is 9.84. The number of carbonyl (C=O) groups is 3. The molecule has 0 aliphatic carbocycles. The number of amides is 2. The van der Waals surface area contributed by atoms with Gasteiger partial charge in [0.15, 0.2) is 0 Å². The number of hydrogen-bond donors (Lipinski definition) is 3. The lowest BCUT2D eigenvalue weighted by Crippen LogP contribution is -2.49. The molecule has 21 heavy (non-hydrogen) atoms. The van der Waals surface area contributed by atoms with Gasteiger partial charge < -0.3 is 21.2 Å². The molecule has 7 heteroatoms. The summed E-state index contributed by atoms with van der Waals surface area (Å²) in [4.78, 5) is 33.8. The van der Waals surface area contributed by atoms with Gasteiger partial charge in [0.05, 0.1) is 11.9 Å². The average Bonchev–Trinajstić information content (AvgIpc) is 2.40. The Kier molecular flexibility index (Phi) is 11.0. The molecule has 0 fully saturated rings. The predicted molar refractivity (Wildman–Crippen MR) is 85.9 cm³/mol. The molecule has 0 saturated heterocycles. The highest BCUT2D eigenvalue weighted by atomic mass is 32.2. The average molecular weight is 317 g/mol. The van der Waals surface area contributed by atoms with Crippen LogP contribution in [0, 0.1) is 0 Å². The maximum absolute atomic E-state index is 11.7. The molecule has 0 rings (SSSR count). The van der Waals surface area contributed by atoms with Gasteiger partial charge >= 0.3 is 0 Å². The van der Waals surface area contributed by atoms with Gasteiger partial charge in [-0.15, -0.1) is 11.8 Å². The summed E-state index contributed by atoms with van der Waals surface area (Å²) < 4.78 is 0. The van der Waals surface area contributed by atoms with Gasteiger partial charge in [0, 0.05) is 6.42 Å². The quantitative estimate of drug-likeness (QED) is 0.386. The molecule has 0 aliphatic heterocycles. The van der Waals surface area contributed by atoms with Crippen molar-refractivity contribution in [3.63, 3.8) is 0 Å². The molecule has 0 aromatic rings. The Labute approximate surface area is 131 Å². The Morgan fingerprint density at radius 1 is 1.10 bits per heavy atom. The highest BCUT2D eigenvalue weighted by Gasteiger charge is 2.16. The van der Waals surface area contributed by atoms with Gasteiger partial charge in [-0.25, -0.2) is 0 Å². The number of nitrogens with two attached hydrogens (primary N) is 1. The molecule has 2 unspecified atom stereocenters. The van der Waals surface area contributed by atoms with Crippen LogP contribution in [0.3, 0.4) is 0 Å². The van der Waals surface area contributed by atoms with Crippen molar-refractivity contribution < 1.29 is 14.4 Å². The Hall–Kier alpha value is -1.08. The van der Waals surface area contributed by atoms with Crippen molar-refractivity contribution in [3.05, 3.63) is 0 Å². The third-order valence-electron chi connectivity index (χ3n) is 2.83. The van der Waals surface area contributed by atoms with Crippen molar-refractivity contribution in [2.45, 2.75) is 58.5 Å². The Morgan fingerprint density at radius 3 is 2.33 bits per heavy atom. The van der Waals surface area contributed by atoms with Crippen LogP contribution >= 0.6 is 11.8 Å². The van der Waals surface area contributed by atoms with E-state index in [1.165, 1.54) is 0 Å². The molecule has 0 radical (unpaired) electrons. The van der Waals surface area contributed by atoms with Crippen LogP contribution in [0.15, 0.2) is 0 Å². The van der Waals surface area contributed by atoms with Crippen molar-refractivity contribution >= 4 is 29.4 Å². The van der Waals surface area contributed by atoms with E-state index in [0.717, 1.165) is 25.0 Å². The van der Waals surface area contributed by atoms with Crippen molar-refractivity contribution in [2.24, 2.45) is 5.73 Å². The molecule has 0 bridgehead atoms. The lowest BCUT2D eigenvalue weighted by Gasteiger charge is -2.15. The third kappa shape index (κ3) is 11.3. The predicted octanol–water partition coefficient (Wildman–Crippen LogP) is 0.795. The third-order valence-corrected chi connectivity index (χ3v) is 3.76. The SMILES string of the molecule is CC(=O)CCCCCSCNC(=O)C(C)NC(=O)C(C)N. The minimum atomic E-state index is -0.621. The van der Waals surface area contributed by atoms with Crippen LogP contribution in [-0.4, -0.2) is 41.3 Å². The number of ketones is 1. The molecular formula is C14H27N3O3S. The molecule has 0 saturated carbocycles. The van der Waals surface area contributed by atoms with Gasteiger partial charge in [0.25, 0.3) is 0 Å². The smallest absolute Gasteiger partial charge is 0.242 e. The number of Topliss-reactive ketones (excluding diaryl/α,β-unsaturated/α-hetero) is 1. The summed E-state index contributed by atoms with van der Waals surface area (Å²) in [5.41, 5.74) is 5.41. The molecule has 0 spiro atoms. The second-order valence-corrected chi connectivity index (χ2v) is 6.23. The van der Waals surface area contributed by atoms with E-state index in [4.69, 9.17) is 5.73 Å². The highest BCUT2D eigenvalue weighted by Crippen LogP contribution is 2.06. The van der Waals surface area contributed by atoms with Crippen molar-refractivity contribution in [2.75, 3.05) is 11.6 Å². The van der Waals surface area contributed by atoms with Crippen molar-refractivity contribution in [1.82, 2.24) is 10.6 Å². The summed E-state index contributed by atoms with van der Waals surface area (Å²) >= 11 is 1.63. The summed E-state index contributed by atoms with van der Waals surface area (Å²) in [6.07, 6.45) is 3.65. The molecule has 0 aromatic carbocycles.